The molecule has 8 nitrogen and oxygen atoms in total. The molecule has 0 spiro atoms. The fraction of sp³-hybridized carbons (Fsp3) is 0.348. The monoisotopic (exact) mass is 423 g/mol. The van der Waals surface area contributed by atoms with Gasteiger partial charge in [-0.3, -0.25) is 14.3 Å². The first-order valence-electron chi connectivity index (χ1n) is 10.2. The Morgan fingerprint density at radius 1 is 1.13 bits per heavy atom. The van der Waals surface area contributed by atoms with Crippen molar-refractivity contribution in [3.05, 3.63) is 70.7 Å². The van der Waals surface area contributed by atoms with Crippen LogP contribution in [0.4, 0.5) is 0 Å². The molecule has 1 N–H and O–H groups in total. The minimum Gasteiger partial charge on any atom is -0.467 e. The van der Waals surface area contributed by atoms with Gasteiger partial charge in [0.1, 0.15) is 6.54 Å². The van der Waals surface area contributed by atoms with Crippen LogP contribution in [0.1, 0.15) is 18.4 Å². The Kier molecular flexibility index (Phi) is 5.90. The van der Waals surface area contributed by atoms with Crippen LogP contribution in [-0.2, 0) is 27.4 Å². The van der Waals surface area contributed by atoms with E-state index >= 15 is 0 Å². The number of hydrogen-bond acceptors (Lipinski definition) is 6. The smallest absolute Gasteiger partial charge is 0.420 e. The van der Waals surface area contributed by atoms with Crippen molar-refractivity contribution in [1.29, 1.82) is 0 Å². The number of hydrogen-bond donors (Lipinski definition) is 1. The minimum atomic E-state index is -1.16. The van der Waals surface area contributed by atoms with Gasteiger partial charge in [-0.05, 0) is 37.1 Å². The molecular weight excluding hydrogens is 398 g/mol. The lowest BCUT2D eigenvalue weighted by Gasteiger charge is -2.41. The van der Waals surface area contributed by atoms with E-state index in [2.05, 4.69) is 10.2 Å². The summed E-state index contributed by atoms with van der Waals surface area (Å²) >= 11 is 0. The average molecular weight is 423 g/mol. The number of fused-ring (bicyclic) bond motifs is 1. The average Bonchev–Trinajstić information content (AvgIpc) is 3.09. The predicted octanol–water partition coefficient (Wildman–Crippen LogP) is 1.92. The molecule has 1 saturated heterocycles. The van der Waals surface area contributed by atoms with Crippen LogP contribution >= 0.6 is 0 Å². The summed E-state index contributed by atoms with van der Waals surface area (Å²) in [7, 11) is 1.32. The molecule has 0 aliphatic carbocycles. The molecule has 8 heteroatoms. The summed E-state index contributed by atoms with van der Waals surface area (Å²) in [5.74, 6) is -1.54. The summed E-state index contributed by atoms with van der Waals surface area (Å²) in [6, 6.07) is 16.9. The fourth-order valence-corrected chi connectivity index (χ4v) is 4.25. The van der Waals surface area contributed by atoms with Gasteiger partial charge in [-0.15, -0.1) is 0 Å². The number of amides is 1. The number of piperidine rings is 1. The van der Waals surface area contributed by atoms with Gasteiger partial charge in [0.2, 0.25) is 5.91 Å². The van der Waals surface area contributed by atoms with E-state index in [1.807, 2.05) is 30.3 Å². The van der Waals surface area contributed by atoms with E-state index < -0.39 is 23.2 Å². The molecule has 31 heavy (non-hydrogen) atoms. The number of aromatic nitrogens is 1. The highest BCUT2D eigenvalue weighted by atomic mass is 16.5. The second-order valence-electron chi connectivity index (χ2n) is 7.84. The van der Waals surface area contributed by atoms with E-state index in [1.165, 1.54) is 11.7 Å². The zero-order valence-corrected chi connectivity index (χ0v) is 17.4. The summed E-state index contributed by atoms with van der Waals surface area (Å²) in [5, 5.41) is 2.87. The van der Waals surface area contributed by atoms with Crippen LogP contribution in [-0.4, -0.2) is 47.1 Å². The van der Waals surface area contributed by atoms with Crippen LogP contribution in [0, 0.1) is 0 Å². The van der Waals surface area contributed by atoms with Gasteiger partial charge >= 0.3 is 11.7 Å². The molecule has 1 fully saturated rings. The molecule has 2 aromatic carbocycles. The number of benzene rings is 2. The van der Waals surface area contributed by atoms with Crippen molar-refractivity contribution >= 4 is 23.0 Å². The number of carbonyl (C=O) groups excluding carboxylic acids is 2. The lowest BCUT2D eigenvalue weighted by atomic mass is 9.88. The maximum absolute atomic E-state index is 12.9. The zero-order chi connectivity index (χ0) is 21.8. The highest BCUT2D eigenvalue weighted by molar-refractivity contribution is 5.89. The van der Waals surface area contributed by atoms with E-state index in [0.717, 1.165) is 18.5 Å². The number of methoxy groups -OCH3 is 1. The molecule has 1 atom stereocenters. The van der Waals surface area contributed by atoms with Crippen LogP contribution in [0.3, 0.4) is 0 Å². The minimum absolute atomic E-state index is 0.243. The van der Waals surface area contributed by atoms with Crippen molar-refractivity contribution < 1.29 is 18.7 Å². The van der Waals surface area contributed by atoms with Gasteiger partial charge in [-0.1, -0.05) is 42.5 Å². The lowest BCUT2D eigenvalue weighted by Crippen LogP contribution is -2.64. The molecule has 162 valence electrons. The number of oxazole rings is 1. The van der Waals surface area contributed by atoms with E-state index in [4.69, 9.17) is 9.15 Å². The lowest BCUT2D eigenvalue weighted by molar-refractivity contribution is -0.154. The Morgan fingerprint density at radius 2 is 1.87 bits per heavy atom. The molecule has 0 unspecified atom stereocenters. The topological polar surface area (TPSA) is 93.8 Å². The molecule has 0 saturated carbocycles. The number of nitrogens with zero attached hydrogens (tertiary/aromatic N) is 2. The number of esters is 1. The number of carbonyl (C=O) groups is 2. The first-order valence-corrected chi connectivity index (χ1v) is 10.2. The van der Waals surface area contributed by atoms with Crippen molar-refractivity contribution in [1.82, 2.24) is 14.8 Å². The zero-order valence-electron chi connectivity index (χ0n) is 17.4. The molecule has 1 aliphatic heterocycles. The van der Waals surface area contributed by atoms with E-state index in [1.54, 1.807) is 24.3 Å². The molecular formula is C23H25N3O5. The van der Waals surface area contributed by atoms with E-state index in [9.17, 15) is 14.4 Å². The van der Waals surface area contributed by atoms with Gasteiger partial charge in [0.25, 0.3) is 0 Å². The van der Waals surface area contributed by atoms with E-state index in [0.29, 0.717) is 30.6 Å². The van der Waals surface area contributed by atoms with Gasteiger partial charge in [0.15, 0.2) is 11.1 Å². The Bertz CT molecular complexity index is 1140. The summed E-state index contributed by atoms with van der Waals surface area (Å²) < 4.78 is 11.5. The van der Waals surface area contributed by atoms with Crippen LogP contribution in [0.25, 0.3) is 11.1 Å². The maximum Gasteiger partial charge on any atom is 0.420 e. The normalized spacial score (nSPS) is 19.3. The Morgan fingerprint density at radius 3 is 2.65 bits per heavy atom. The Labute approximate surface area is 179 Å². The second-order valence-corrected chi connectivity index (χ2v) is 7.84. The van der Waals surface area contributed by atoms with E-state index in [-0.39, 0.29) is 6.54 Å². The van der Waals surface area contributed by atoms with Crippen molar-refractivity contribution in [3.63, 3.8) is 0 Å². The van der Waals surface area contributed by atoms with Crippen LogP contribution < -0.4 is 11.1 Å². The molecule has 4 rings (SSSR count). The molecule has 2 heterocycles. The predicted molar refractivity (Wildman–Crippen MR) is 114 cm³/mol. The summed E-state index contributed by atoms with van der Waals surface area (Å²) in [5.41, 5.74) is 0.909. The SMILES string of the molecule is COC(=O)[C@@]1(NC(=O)Cn2c(=O)oc3ccccc32)CCCN(Cc2ccccc2)C1. The van der Waals surface area contributed by atoms with Gasteiger partial charge in [0, 0.05) is 13.1 Å². The number of para-hydroxylation sites is 2. The van der Waals surface area contributed by atoms with Crippen molar-refractivity contribution in [3.8, 4) is 0 Å². The van der Waals surface area contributed by atoms with Gasteiger partial charge < -0.3 is 14.5 Å². The second kappa shape index (κ2) is 8.77. The number of nitrogens with one attached hydrogen (secondary N) is 1. The Hall–Kier alpha value is -3.39. The first-order chi connectivity index (χ1) is 15.0. The molecule has 1 aliphatic rings. The number of likely N-dealkylation sites (tertiary alicyclic amines) is 1. The molecule has 1 aromatic heterocycles. The van der Waals surface area contributed by atoms with Gasteiger partial charge in [-0.2, -0.15) is 0 Å². The third-order valence-electron chi connectivity index (χ3n) is 5.65. The molecule has 3 aromatic rings. The largest absolute Gasteiger partial charge is 0.467 e. The fourth-order valence-electron chi connectivity index (χ4n) is 4.25. The van der Waals surface area contributed by atoms with Crippen LogP contribution in [0.15, 0.2) is 63.8 Å². The third-order valence-corrected chi connectivity index (χ3v) is 5.65. The summed E-state index contributed by atoms with van der Waals surface area (Å²) in [6.07, 6.45) is 1.20. The Balaban J connectivity index is 1.53. The highest BCUT2D eigenvalue weighted by Crippen LogP contribution is 2.24. The third kappa shape index (κ3) is 4.39. The summed E-state index contributed by atoms with van der Waals surface area (Å²) in [6.45, 7) is 1.57. The van der Waals surface area contributed by atoms with Crippen molar-refractivity contribution in [2.45, 2.75) is 31.5 Å². The molecule has 0 bridgehead atoms. The first kappa shape index (κ1) is 20.9. The molecule has 1 amide bonds. The quantitative estimate of drug-likeness (QED) is 0.609. The van der Waals surface area contributed by atoms with Crippen LogP contribution in [0.5, 0.6) is 0 Å². The van der Waals surface area contributed by atoms with Gasteiger partial charge in [0.05, 0.1) is 12.6 Å². The van der Waals surface area contributed by atoms with Gasteiger partial charge in [-0.25, -0.2) is 9.59 Å². The molecule has 0 radical (unpaired) electrons. The standard InChI is InChI=1S/C23H25N3O5/c1-30-21(28)23(12-7-13-25(16-23)14-17-8-3-2-4-9-17)24-20(27)15-26-18-10-5-6-11-19(18)31-22(26)29/h2-6,8-11H,7,12-16H2,1H3,(H,24,27)/t23-/m1/s1. The highest BCUT2D eigenvalue weighted by Gasteiger charge is 2.44. The maximum atomic E-state index is 12.9. The number of ether oxygens (including phenoxy) is 1. The number of rotatable bonds is 6. The van der Waals surface area contributed by atoms with Crippen molar-refractivity contribution in [2.75, 3.05) is 20.2 Å². The summed E-state index contributed by atoms with van der Waals surface area (Å²) in [4.78, 5) is 40.0. The van der Waals surface area contributed by atoms with Crippen LogP contribution in [0.2, 0.25) is 0 Å². The van der Waals surface area contributed by atoms with Crippen molar-refractivity contribution in [2.24, 2.45) is 0 Å².